The molecule has 0 aliphatic heterocycles. The van der Waals surface area contributed by atoms with Crippen LogP contribution in [0.5, 0.6) is 11.5 Å². The Balaban J connectivity index is 0.00000320. The zero-order valence-corrected chi connectivity index (χ0v) is 20.0. The SMILES string of the molecule is CN=C(NCc1ncc(-c2ccccc2)[nH]1)N(C)Cc1ccc(OC)cc1OC.I. The molecular weight excluding hydrogens is 493 g/mol. The summed E-state index contributed by atoms with van der Waals surface area (Å²) >= 11 is 0. The van der Waals surface area contributed by atoms with E-state index in [1.807, 2.05) is 54.5 Å². The third-order valence-corrected chi connectivity index (χ3v) is 4.60. The molecule has 1 heterocycles. The van der Waals surface area contributed by atoms with Gasteiger partial charge in [0, 0.05) is 32.3 Å². The number of nitrogens with zero attached hydrogens (tertiary/aromatic N) is 3. The minimum Gasteiger partial charge on any atom is -0.497 e. The summed E-state index contributed by atoms with van der Waals surface area (Å²) < 4.78 is 10.8. The van der Waals surface area contributed by atoms with Crippen molar-refractivity contribution in [2.24, 2.45) is 4.99 Å². The van der Waals surface area contributed by atoms with Crippen molar-refractivity contribution in [1.82, 2.24) is 20.2 Å². The predicted octanol–water partition coefficient (Wildman–Crippen LogP) is 3.92. The van der Waals surface area contributed by atoms with Crippen LogP contribution >= 0.6 is 24.0 Å². The molecule has 160 valence electrons. The van der Waals surface area contributed by atoms with Crippen molar-refractivity contribution in [2.45, 2.75) is 13.1 Å². The second-order valence-electron chi connectivity index (χ2n) is 6.54. The lowest BCUT2D eigenvalue weighted by Crippen LogP contribution is -2.38. The number of H-pyrrole nitrogens is 1. The zero-order valence-electron chi connectivity index (χ0n) is 17.7. The molecule has 0 unspecified atom stereocenters. The molecule has 8 heteroatoms. The molecule has 0 amide bonds. The van der Waals surface area contributed by atoms with Crippen molar-refractivity contribution in [2.75, 3.05) is 28.3 Å². The van der Waals surface area contributed by atoms with Crippen molar-refractivity contribution in [1.29, 1.82) is 0 Å². The Bertz CT molecular complexity index is 959. The monoisotopic (exact) mass is 521 g/mol. The zero-order chi connectivity index (χ0) is 20.6. The number of aromatic amines is 1. The standard InChI is InChI=1S/C22H27N5O2.HI/c1-23-22(27(2)15-17-10-11-18(28-3)12-20(17)29-4)25-14-21-24-13-19(26-21)16-8-6-5-7-9-16;/h5-13H,14-15H2,1-4H3,(H,23,25)(H,24,26);1H. The first-order valence-corrected chi connectivity index (χ1v) is 9.36. The first-order chi connectivity index (χ1) is 14.1. The summed E-state index contributed by atoms with van der Waals surface area (Å²) in [5, 5.41) is 3.35. The van der Waals surface area contributed by atoms with Gasteiger partial charge in [0.15, 0.2) is 5.96 Å². The Morgan fingerprint density at radius 3 is 2.57 bits per heavy atom. The molecule has 3 rings (SSSR count). The molecule has 0 saturated heterocycles. The highest BCUT2D eigenvalue weighted by atomic mass is 127. The number of imidazole rings is 1. The molecule has 2 N–H and O–H groups in total. The Labute approximate surface area is 194 Å². The van der Waals surface area contributed by atoms with Crippen molar-refractivity contribution in [3.05, 3.63) is 66.1 Å². The number of ether oxygens (including phenoxy) is 2. The third-order valence-electron chi connectivity index (χ3n) is 4.60. The molecule has 0 radical (unpaired) electrons. The maximum atomic E-state index is 5.49. The molecule has 2 aromatic carbocycles. The highest BCUT2D eigenvalue weighted by Gasteiger charge is 2.12. The topological polar surface area (TPSA) is 74.8 Å². The van der Waals surface area contributed by atoms with Crippen molar-refractivity contribution in [3.63, 3.8) is 0 Å². The van der Waals surface area contributed by atoms with E-state index in [1.54, 1.807) is 21.3 Å². The van der Waals surface area contributed by atoms with Crippen LogP contribution in [0.1, 0.15) is 11.4 Å². The largest absolute Gasteiger partial charge is 0.497 e. The molecule has 30 heavy (non-hydrogen) atoms. The van der Waals surface area contributed by atoms with Crippen molar-refractivity contribution >= 4 is 29.9 Å². The van der Waals surface area contributed by atoms with Crippen molar-refractivity contribution < 1.29 is 9.47 Å². The van der Waals surface area contributed by atoms with E-state index >= 15 is 0 Å². The first kappa shape index (κ1) is 23.5. The highest BCUT2D eigenvalue weighted by molar-refractivity contribution is 14.0. The number of guanidine groups is 1. The fraction of sp³-hybridized carbons (Fsp3) is 0.273. The van der Waals surface area contributed by atoms with E-state index < -0.39 is 0 Å². The average molecular weight is 521 g/mol. The lowest BCUT2D eigenvalue weighted by atomic mass is 10.2. The fourth-order valence-electron chi connectivity index (χ4n) is 3.08. The normalized spacial score (nSPS) is 10.9. The Hall–Kier alpha value is -2.75. The van der Waals surface area contributed by atoms with Gasteiger partial charge in [-0.1, -0.05) is 30.3 Å². The Kier molecular flexibility index (Phi) is 8.97. The highest BCUT2D eigenvalue weighted by Crippen LogP contribution is 2.25. The van der Waals surface area contributed by atoms with E-state index in [2.05, 4.69) is 32.4 Å². The van der Waals surface area contributed by atoms with Crippen LogP contribution in [-0.2, 0) is 13.1 Å². The quantitative estimate of drug-likeness (QED) is 0.280. The smallest absolute Gasteiger partial charge is 0.194 e. The minimum absolute atomic E-state index is 0. The molecule has 0 aliphatic rings. The van der Waals surface area contributed by atoms with Gasteiger partial charge in [0.2, 0.25) is 0 Å². The molecule has 0 fully saturated rings. The van der Waals surface area contributed by atoms with Crippen LogP contribution in [0, 0.1) is 0 Å². The molecule has 0 bridgehead atoms. The summed E-state index contributed by atoms with van der Waals surface area (Å²) in [6.45, 7) is 1.18. The second-order valence-corrected chi connectivity index (χ2v) is 6.54. The number of halogens is 1. The summed E-state index contributed by atoms with van der Waals surface area (Å²) in [5.74, 6) is 3.16. The van der Waals surface area contributed by atoms with E-state index in [-0.39, 0.29) is 24.0 Å². The molecular formula is C22H28IN5O2. The van der Waals surface area contributed by atoms with Gasteiger partial charge in [0.05, 0.1) is 32.7 Å². The van der Waals surface area contributed by atoms with E-state index in [9.17, 15) is 0 Å². The maximum Gasteiger partial charge on any atom is 0.194 e. The summed E-state index contributed by atoms with van der Waals surface area (Å²) in [7, 11) is 7.05. The number of hydrogen-bond acceptors (Lipinski definition) is 4. The number of nitrogens with one attached hydrogen (secondary N) is 2. The molecule has 0 aliphatic carbocycles. The number of benzene rings is 2. The Morgan fingerprint density at radius 1 is 1.13 bits per heavy atom. The van der Waals surface area contributed by atoms with Gasteiger partial charge in [-0.25, -0.2) is 4.98 Å². The van der Waals surface area contributed by atoms with Crippen LogP contribution in [-0.4, -0.2) is 49.1 Å². The van der Waals surface area contributed by atoms with E-state index in [1.165, 1.54) is 0 Å². The molecule has 1 aromatic heterocycles. The molecule has 0 spiro atoms. The van der Waals surface area contributed by atoms with Gasteiger partial charge >= 0.3 is 0 Å². The number of rotatable bonds is 7. The van der Waals surface area contributed by atoms with Gasteiger partial charge in [0.1, 0.15) is 17.3 Å². The average Bonchev–Trinajstić information content (AvgIpc) is 3.24. The van der Waals surface area contributed by atoms with Crippen LogP contribution in [0.3, 0.4) is 0 Å². The summed E-state index contributed by atoms with van der Waals surface area (Å²) in [6.07, 6.45) is 1.85. The number of aliphatic imine (C=N–C) groups is 1. The van der Waals surface area contributed by atoms with Gasteiger partial charge < -0.3 is 24.7 Å². The van der Waals surface area contributed by atoms with Crippen LogP contribution in [0.15, 0.2) is 59.7 Å². The minimum atomic E-state index is 0. The van der Waals surface area contributed by atoms with Crippen LogP contribution in [0.4, 0.5) is 0 Å². The van der Waals surface area contributed by atoms with Crippen LogP contribution in [0.25, 0.3) is 11.3 Å². The van der Waals surface area contributed by atoms with Crippen molar-refractivity contribution in [3.8, 4) is 22.8 Å². The first-order valence-electron chi connectivity index (χ1n) is 9.36. The van der Waals surface area contributed by atoms with Gasteiger partial charge in [-0.05, 0) is 17.7 Å². The van der Waals surface area contributed by atoms with E-state index in [0.717, 1.165) is 40.1 Å². The predicted molar refractivity (Wildman–Crippen MR) is 131 cm³/mol. The fourth-order valence-corrected chi connectivity index (χ4v) is 3.08. The van der Waals surface area contributed by atoms with Gasteiger partial charge in [-0.3, -0.25) is 4.99 Å². The number of methoxy groups -OCH3 is 2. The lowest BCUT2D eigenvalue weighted by Gasteiger charge is -2.23. The Morgan fingerprint density at radius 2 is 1.90 bits per heavy atom. The van der Waals surface area contributed by atoms with E-state index in [0.29, 0.717) is 13.1 Å². The number of aromatic nitrogens is 2. The molecule has 0 saturated carbocycles. The lowest BCUT2D eigenvalue weighted by molar-refractivity contribution is 0.382. The summed E-state index contributed by atoms with van der Waals surface area (Å²) in [5.41, 5.74) is 3.15. The summed E-state index contributed by atoms with van der Waals surface area (Å²) in [4.78, 5) is 14.2. The number of hydrogen-bond donors (Lipinski definition) is 2. The van der Waals surface area contributed by atoms with Crippen LogP contribution < -0.4 is 14.8 Å². The second kappa shape index (κ2) is 11.4. The molecule has 3 aromatic rings. The van der Waals surface area contributed by atoms with Gasteiger partial charge in [0.25, 0.3) is 0 Å². The van der Waals surface area contributed by atoms with Crippen LogP contribution in [0.2, 0.25) is 0 Å². The maximum absolute atomic E-state index is 5.49. The van der Waals surface area contributed by atoms with E-state index in [4.69, 9.17) is 9.47 Å². The molecule has 7 nitrogen and oxygen atoms in total. The molecule has 0 atom stereocenters. The van der Waals surface area contributed by atoms with Gasteiger partial charge in [-0.2, -0.15) is 0 Å². The van der Waals surface area contributed by atoms with Gasteiger partial charge in [-0.15, -0.1) is 24.0 Å². The third kappa shape index (κ3) is 5.88. The summed E-state index contributed by atoms with van der Waals surface area (Å²) in [6, 6.07) is 15.9.